The number of aliphatic imine (C=N–C) groups is 1. The van der Waals surface area contributed by atoms with Crippen LogP contribution in [0.5, 0.6) is 11.5 Å². The normalized spacial score (nSPS) is 12.4. The van der Waals surface area contributed by atoms with Crippen LogP contribution in [-0.2, 0) is 4.79 Å². The van der Waals surface area contributed by atoms with Crippen LogP contribution in [0.25, 0.3) is 0 Å². The molecule has 5 heteroatoms. The topological polar surface area (TPSA) is 90.1 Å². The van der Waals surface area contributed by atoms with Crippen molar-refractivity contribution in [3.05, 3.63) is 59.7 Å². The summed E-state index contributed by atoms with van der Waals surface area (Å²) in [6.07, 6.45) is 1.32. The number of phenols is 2. The molecule has 0 fully saturated rings. The molecule has 20 heavy (non-hydrogen) atoms. The Morgan fingerprint density at radius 2 is 1.70 bits per heavy atom. The zero-order valence-corrected chi connectivity index (χ0v) is 10.5. The molecule has 0 saturated carbocycles. The Balaban J connectivity index is 2.29. The van der Waals surface area contributed by atoms with Gasteiger partial charge in [-0.3, -0.25) is 4.99 Å². The van der Waals surface area contributed by atoms with Crippen molar-refractivity contribution in [2.75, 3.05) is 0 Å². The van der Waals surface area contributed by atoms with E-state index in [-0.39, 0.29) is 11.5 Å². The highest BCUT2D eigenvalue weighted by molar-refractivity contribution is 5.86. The molecule has 0 aliphatic carbocycles. The van der Waals surface area contributed by atoms with Gasteiger partial charge in [0.1, 0.15) is 11.5 Å². The van der Waals surface area contributed by atoms with Crippen molar-refractivity contribution in [2.45, 2.75) is 6.04 Å². The molecule has 2 rings (SSSR count). The van der Waals surface area contributed by atoms with Gasteiger partial charge in [-0.1, -0.05) is 24.3 Å². The molecule has 102 valence electrons. The number of carboxylic acids is 1. The van der Waals surface area contributed by atoms with Gasteiger partial charge in [0.15, 0.2) is 6.04 Å². The van der Waals surface area contributed by atoms with Crippen molar-refractivity contribution in [2.24, 2.45) is 4.99 Å². The van der Waals surface area contributed by atoms with Crippen LogP contribution < -0.4 is 0 Å². The zero-order chi connectivity index (χ0) is 14.5. The smallest absolute Gasteiger partial charge is 0.333 e. The third-order valence-electron chi connectivity index (χ3n) is 2.74. The first-order valence-electron chi connectivity index (χ1n) is 5.91. The van der Waals surface area contributed by atoms with Crippen molar-refractivity contribution in [3.8, 4) is 11.5 Å². The third kappa shape index (κ3) is 3.14. The van der Waals surface area contributed by atoms with Gasteiger partial charge in [-0.15, -0.1) is 0 Å². The van der Waals surface area contributed by atoms with Crippen molar-refractivity contribution < 1.29 is 20.1 Å². The van der Waals surface area contributed by atoms with Crippen LogP contribution in [0.1, 0.15) is 17.2 Å². The monoisotopic (exact) mass is 271 g/mol. The van der Waals surface area contributed by atoms with E-state index in [0.717, 1.165) is 0 Å². The van der Waals surface area contributed by atoms with Crippen LogP contribution in [0, 0.1) is 0 Å². The van der Waals surface area contributed by atoms with Gasteiger partial charge in [0.05, 0.1) is 0 Å². The molecule has 0 aromatic heterocycles. The maximum atomic E-state index is 11.3. The Morgan fingerprint density at radius 1 is 1.05 bits per heavy atom. The lowest BCUT2D eigenvalue weighted by Crippen LogP contribution is -2.09. The molecule has 0 amide bonds. The number of phenolic OH excluding ortho intramolecular Hbond substituents is 2. The van der Waals surface area contributed by atoms with E-state index in [1.165, 1.54) is 36.5 Å². The number of para-hydroxylation sites is 1. The largest absolute Gasteiger partial charge is 0.508 e. The number of hydrogen-bond acceptors (Lipinski definition) is 4. The summed E-state index contributed by atoms with van der Waals surface area (Å²) in [6, 6.07) is 11.2. The molecule has 1 atom stereocenters. The lowest BCUT2D eigenvalue weighted by atomic mass is 10.1. The Morgan fingerprint density at radius 3 is 2.30 bits per heavy atom. The van der Waals surface area contributed by atoms with Gasteiger partial charge in [0, 0.05) is 11.8 Å². The molecule has 5 nitrogen and oxygen atoms in total. The molecule has 2 aromatic carbocycles. The second-order valence-electron chi connectivity index (χ2n) is 4.17. The second-order valence-corrected chi connectivity index (χ2v) is 4.17. The predicted molar refractivity (Wildman–Crippen MR) is 74.2 cm³/mol. The molecule has 0 spiro atoms. The molecule has 2 aromatic rings. The van der Waals surface area contributed by atoms with E-state index in [4.69, 9.17) is 0 Å². The molecule has 0 radical (unpaired) electrons. The molecule has 3 N–H and O–H groups in total. The summed E-state index contributed by atoms with van der Waals surface area (Å²) in [5, 5.41) is 28.0. The van der Waals surface area contributed by atoms with Crippen molar-refractivity contribution in [3.63, 3.8) is 0 Å². The van der Waals surface area contributed by atoms with Gasteiger partial charge in [-0.25, -0.2) is 4.79 Å². The summed E-state index contributed by atoms with van der Waals surface area (Å²) in [6.45, 7) is 0. The first kappa shape index (κ1) is 13.6. The lowest BCUT2D eigenvalue weighted by Gasteiger charge is -2.08. The molecular weight excluding hydrogens is 258 g/mol. The quantitative estimate of drug-likeness (QED) is 0.744. The summed E-state index contributed by atoms with van der Waals surface area (Å²) in [5.74, 6) is -1.02. The predicted octanol–water partition coefficient (Wildman–Crippen LogP) is 2.34. The Bertz CT molecular complexity index is 635. The van der Waals surface area contributed by atoms with Gasteiger partial charge in [0.2, 0.25) is 0 Å². The summed E-state index contributed by atoms with van der Waals surface area (Å²) in [5.41, 5.74) is 0.888. The van der Waals surface area contributed by atoms with Crippen molar-refractivity contribution in [1.29, 1.82) is 0 Å². The fraction of sp³-hybridized carbons (Fsp3) is 0.0667. The molecule has 0 heterocycles. The number of carboxylic acid groups (broad SMARTS) is 1. The van der Waals surface area contributed by atoms with Crippen molar-refractivity contribution >= 4 is 12.2 Å². The third-order valence-corrected chi connectivity index (χ3v) is 2.74. The number of carbonyl (C=O) groups is 1. The first-order valence-corrected chi connectivity index (χ1v) is 5.91. The summed E-state index contributed by atoms with van der Waals surface area (Å²) >= 11 is 0. The van der Waals surface area contributed by atoms with E-state index in [1.807, 2.05) is 0 Å². The highest BCUT2D eigenvalue weighted by Gasteiger charge is 2.17. The van der Waals surface area contributed by atoms with Crippen molar-refractivity contribution in [1.82, 2.24) is 0 Å². The summed E-state index contributed by atoms with van der Waals surface area (Å²) in [4.78, 5) is 15.2. The van der Waals surface area contributed by atoms with Gasteiger partial charge < -0.3 is 15.3 Å². The van der Waals surface area contributed by atoms with E-state index in [2.05, 4.69) is 4.99 Å². The maximum Gasteiger partial charge on any atom is 0.333 e. The molecule has 0 aliphatic rings. The summed E-state index contributed by atoms with van der Waals surface area (Å²) in [7, 11) is 0. The SMILES string of the molecule is O=C(O)[C@@H](N=Cc1ccccc1O)c1ccc(O)cc1. The van der Waals surface area contributed by atoms with Gasteiger partial charge in [-0.05, 0) is 29.8 Å². The highest BCUT2D eigenvalue weighted by Crippen LogP contribution is 2.21. The number of benzene rings is 2. The number of rotatable bonds is 4. The number of nitrogens with zero attached hydrogens (tertiary/aromatic N) is 1. The first-order chi connectivity index (χ1) is 9.58. The van der Waals surface area contributed by atoms with E-state index in [1.54, 1.807) is 18.2 Å². The maximum absolute atomic E-state index is 11.3. The standard InChI is InChI=1S/C15H13NO4/c17-12-7-5-10(6-8-12)14(15(19)20)16-9-11-3-1-2-4-13(11)18/h1-9,14,17-18H,(H,19,20)/t14-/m0/s1. The Labute approximate surface area is 115 Å². The molecular formula is C15H13NO4. The fourth-order valence-corrected chi connectivity index (χ4v) is 1.70. The van der Waals surface area contributed by atoms with E-state index >= 15 is 0 Å². The molecule has 0 bridgehead atoms. The van der Waals surface area contributed by atoms with Crippen LogP contribution >= 0.6 is 0 Å². The van der Waals surface area contributed by atoms with E-state index in [0.29, 0.717) is 11.1 Å². The van der Waals surface area contributed by atoms with E-state index in [9.17, 15) is 20.1 Å². The zero-order valence-electron chi connectivity index (χ0n) is 10.5. The molecule has 0 aliphatic heterocycles. The van der Waals surface area contributed by atoms with Crippen LogP contribution in [0.2, 0.25) is 0 Å². The fourth-order valence-electron chi connectivity index (χ4n) is 1.70. The van der Waals surface area contributed by atoms with Crippen LogP contribution in [0.3, 0.4) is 0 Å². The number of aromatic hydroxyl groups is 2. The number of aliphatic carboxylic acids is 1. The van der Waals surface area contributed by atoms with Gasteiger partial charge in [-0.2, -0.15) is 0 Å². The average Bonchev–Trinajstić information content (AvgIpc) is 2.42. The molecule has 0 saturated heterocycles. The minimum absolute atomic E-state index is 0.0334. The lowest BCUT2D eigenvalue weighted by molar-refractivity contribution is -0.138. The summed E-state index contributed by atoms with van der Waals surface area (Å²) < 4.78 is 0. The highest BCUT2D eigenvalue weighted by atomic mass is 16.4. The second kappa shape index (κ2) is 5.88. The van der Waals surface area contributed by atoms with Crippen LogP contribution in [-0.4, -0.2) is 27.5 Å². The van der Waals surface area contributed by atoms with Crippen LogP contribution in [0.4, 0.5) is 0 Å². The molecule has 0 unspecified atom stereocenters. The van der Waals surface area contributed by atoms with E-state index < -0.39 is 12.0 Å². The van der Waals surface area contributed by atoms with Gasteiger partial charge in [0.25, 0.3) is 0 Å². The minimum atomic E-state index is -1.11. The Hall–Kier alpha value is -2.82. The average molecular weight is 271 g/mol. The van der Waals surface area contributed by atoms with Gasteiger partial charge >= 0.3 is 5.97 Å². The van der Waals surface area contributed by atoms with Crippen LogP contribution in [0.15, 0.2) is 53.5 Å². The number of hydrogen-bond donors (Lipinski definition) is 3. The Kier molecular flexibility index (Phi) is 4.00. The minimum Gasteiger partial charge on any atom is -0.508 e.